The summed E-state index contributed by atoms with van der Waals surface area (Å²) in [5.74, 6) is 0.226. The molecular formula is C36H37Cl2FN6O4. The molecule has 0 spiro atoms. The number of carbonyl (C=O) groups is 2. The molecular weight excluding hydrogens is 670 g/mol. The minimum atomic E-state index is -0.490. The molecule has 2 aromatic heterocycles. The number of pyridine rings is 2. The molecule has 6 rings (SSSR count). The van der Waals surface area contributed by atoms with Gasteiger partial charge in [-0.1, -0.05) is 65.7 Å². The number of hydrogen-bond acceptors (Lipinski definition) is 8. The zero-order chi connectivity index (χ0) is 34.5. The molecule has 2 atom stereocenters. The maximum Gasteiger partial charge on any atom is 0.221 e. The molecule has 49 heavy (non-hydrogen) atoms. The van der Waals surface area contributed by atoms with Crippen LogP contribution in [-0.4, -0.2) is 61.2 Å². The minimum Gasteiger partial charge on any atom is -0.481 e. The average Bonchev–Trinajstić information content (AvgIpc) is 3.72. The summed E-state index contributed by atoms with van der Waals surface area (Å²) >= 11 is 14.0. The highest BCUT2D eigenvalue weighted by Crippen LogP contribution is 2.42. The molecule has 13 heteroatoms. The van der Waals surface area contributed by atoms with E-state index < -0.39 is 5.82 Å². The van der Waals surface area contributed by atoms with Crippen LogP contribution in [0.4, 0.5) is 4.39 Å². The molecule has 256 valence electrons. The first kappa shape index (κ1) is 34.6. The summed E-state index contributed by atoms with van der Waals surface area (Å²) in [5, 5.41) is 13.2. The molecule has 4 heterocycles. The summed E-state index contributed by atoms with van der Waals surface area (Å²) in [6.45, 7) is 1.87. The number of nitrogens with zero attached hydrogens (tertiary/aromatic N) is 2. The third-order valence-corrected chi connectivity index (χ3v) is 9.58. The number of rotatable bonds is 13. The Hall–Kier alpha value is -4.29. The van der Waals surface area contributed by atoms with Crippen molar-refractivity contribution in [3.63, 3.8) is 0 Å². The summed E-state index contributed by atoms with van der Waals surface area (Å²) in [6.07, 6.45) is 2.61. The summed E-state index contributed by atoms with van der Waals surface area (Å²) in [5.41, 5.74) is 4.60. The van der Waals surface area contributed by atoms with E-state index in [0.717, 1.165) is 18.4 Å². The Balaban J connectivity index is 1.22. The number of nitrogens with one attached hydrogen (secondary N) is 4. The van der Waals surface area contributed by atoms with Crippen LogP contribution in [0.2, 0.25) is 10.0 Å². The first-order chi connectivity index (χ1) is 23.7. The van der Waals surface area contributed by atoms with Gasteiger partial charge in [0.25, 0.3) is 0 Å². The molecule has 0 radical (unpaired) electrons. The SMILES string of the molecule is COc1nc(-c2cccc(-c3cccc(-c4cc(F)c(CNCC5CCC(=O)N5)c(OC)n4)c3Cl)c2Cl)ccc1CNCC1CCC(=O)N1. The molecule has 2 unspecified atom stereocenters. The summed E-state index contributed by atoms with van der Waals surface area (Å²) in [4.78, 5) is 32.3. The number of amides is 2. The van der Waals surface area contributed by atoms with E-state index in [1.54, 1.807) is 13.2 Å². The van der Waals surface area contributed by atoms with E-state index in [1.165, 1.54) is 13.2 Å². The molecule has 2 aromatic carbocycles. The van der Waals surface area contributed by atoms with E-state index in [2.05, 4.69) is 26.3 Å². The maximum absolute atomic E-state index is 15.5. The van der Waals surface area contributed by atoms with E-state index in [9.17, 15) is 9.59 Å². The Morgan fingerprint density at radius 1 is 0.755 bits per heavy atom. The van der Waals surface area contributed by atoms with Gasteiger partial charge in [-0.05, 0) is 18.9 Å². The molecule has 4 N–H and O–H groups in total. The number of carbonyl (C=O) groups excluding carboxylic acids is 2. The highest BCUT2D eigenvalue weighted by Gasteiger charge is 2.23. The third kappa shape index (κ3) is 7.80. The number of aromatic nitrogens is 2. The van der Waals surface area contributed by atoms with Gasteiger partial charge in [0, 0.05) is 85.0 Å². The quantitative estimate of drug-likeness (QED) is 0.140. The van der Waals surface area contributed by atoms with Crippen molar-refractivity contribution in [2.45, 2.75) is 50.9 Å². The molecule has 0 bridgehead atoms. The van der Waals surface area contributed by atoms with Crippen LogP contribution in [-0.2, 0) is 22.7 Å². The fourth-order valence-electron chi connectivity index (χ4n) is 6.20. The lowest BCUT2D eigenvalue weighted by Gasteiger charge is -2.16. The lowest BCUT2D eigenvalue weighted by atomic mass is 9.98. The first-order valence-corrected chi connectivity index (χ1v) is 16.9. The first-order valence-electron chi connectivity index (χ1n) is 16.1. The van der Waals surface area contributed by atoms with Gasteiger partial charge in [-0.2, -0.15) is 0 Å². The summed E-state index contributed by atoms with van der Waals surface area (Å²) in [7, 11) is 3.01. The van der Waals surface area contributed by atoms with Crippen molar-refractivity contribution in [1.29, 1.82) is 0 Å². The number of hydrogen-bond donors (Lipinski definition) is 4. The van der Waals surface area contributed by atoms with Gasteiger partial charge in [-0.15, -0.1) is 0 Å². The normalized spacial score (nSPS) is 17.2. The van der Waals surface area contributed by atoms with Crippen molar-refractivity contribution >= 4 is 35.0 Å². The van der Waals surface area contributed by atoms with E-state index in [1.807, 2.05) is 42.5 Å². The highest BCUT2D eigenvalue weighted by atomic mass is 35.5. The van der Waals surface area contributed by atoms with Crippen LogP contribution in [0.15, 0.2) is 54.6 Å². The Bertz CT molecular complexity index is 1880. The van der Waals surface area contributed by atoms with Gasteiger partial charge >= 0.3 is 0 Å². The number of halogens is 3. The van der Waals surface area contributed by atoms with Crippen LogP contribution in [0.5, 0.6) is 11.8 Å². The van der Waals surface area contributed by atoms with E-state index in [0.29, 0.717) is 82.0 Å². The van der Waals surface area contributed by atoms with Gasteiger partial charge in [-0.25, -0.2) is 14.4 Å². The number of benzene rings is 2. The second-order valence-corrected chi connectivity index (χ2v) is 12.8. The van der Waals surface area contributed by atoms with Crippen LogP contribution in [0.1, 0.15) is 36.8 Å². The second-order valence-electron chi connectivity index (χ2n) is 12.0. The average molecular weight is 708 g/mol. The highest BCUT2D eigenvalue weighted by molar-refractivity contribution is 6.39. The predicted octanol–water partition coefficient (Wildman–Crippen LogP) is 5.68. The van der Waals surface area contributed by atoms with Crippen molar-refractivity contribution in [2.24, 2.45) is 0 Å². The third-order valence-electron chi connectivity index (χ3n) is 8.77. The zero-order valence-corrected chi connectivity index (χ0v) is 28.7. The van der Waals surface area contributed by atoms with Crippen molar-refractivity contribution in [2.75, 3.05) is 27.3 Å². The molecule has 0 saturated carbocycles. The predicted molar refractivity (Wildman–Crippen MR) is 187 cm³/mol. The minimum absolute atomic E-state index is 0.0129. The smallest absolute Gasteiger partial charge is 0.221 e. The van der Waals surface area contributed by atoms with Crippen LogP contribution in [0.25, 0.3) is 33.6 Å². The molecule has 2 fully saturated rings. The fourth-order valence-corrected chi connectivity index (χ4v) is 6.85. The molecule has 4 aromatic rings. The van der Waals surface area contributed by atoms with E-state index in [4.69, 9.17) is 37.7 Å². The summed E-state index contributed by atoms with van der Waals surface area (Å²) in [6, 6.07) is 16.4. The Kier molecular flexibility index (Phi) is 10.9. The Labute approximate surface area is 294 Å². The van der Waals surface area contributed by atoms with E-state index in [-0.39, 0.29) is 41.9 Å². The van der Waals surface area contributed by atoms with E-state index >= 15 is 4.39 Å². The number of methoxy groups -OCH3 is 2. The zero-order valence-electron chi connectivity index (χ0n) is 27.2. The largest absolute Gasteiger partial charge is 0.481 e. The van der Waals surface area contributed by atoms with Crippen LogP contribution >= 0.6 is 23.2 Å². The molecule has 2 aliphatic rings. The standard InChI is InChI=1S/C36H37Cl2FN6O4/c1-48-35-20(16-40-17-21-10-13-31(46)42-21)9-12-29(44-35)25-7-3-5-23(33(25)37)24-6-4-8-26(34(24)38)30-15-28(39)27(36(45-30)49-2)19-41-18-22-11-14-32(47)43-22/h3-9,12,15,21-22,40-41H,10-11,13-14,16-19H2,1-2H3,(H,42,46)(H,43,47). The molecule has 2 saturated heterocycles. The van der Waals surface area contributed by atoms with Crippen molar-refractivity contribution in [3.05, 3.63) is 81.6 Å². The Morgan fingerprint density at radius 3 is 1.84 bits per heavy atom. The summed E-state index contributed by atoms with van der Waals surface area (Å²) < 4.78 is 26.6. The molecule has 2 aliphatic heterocycles. The Morgan fingerprint density at radius 2 is 1.29 bits per heavy atom. The fraction of sp³-hybridized carbons (Fsp3) is 0.333. The second kappa shape index (κ2) is 15.5. The van der Waals surface area contributed by atoms with Gasteiger partial charge in [0.1, 0.15) is 5.82 Å². The topological polar surface area (TPSA) is 126 Å². The van der Waals surface area contributed by atoms with Gasteiger partial charge in [0.2, 0.25) is 23.6 Å². The van der Waals surface area contributed by atoms with Crippen molar-refractivity contribution in [3.8, 4) is 45.4 Å². The number of ether oxygens (including phenoxy) is 2. The monoisotopic (exact) mass is 706 g/mol. The molecule has 2 amide bonds. The lowest BCUT2D eigenvalue weighted by molar-refractivity contribution is -0.120. The van der Waals surface area contributed by atoms with Crippen LogP contribution < -0.4 is 30.7 Å². The molecule has 10 nitrogen and oxygen atoms in total. The van der Waals surface area contributed by atoms with Crippen LogP contribution in [0.3, 0.4) is 0 Å². The van der Waals surface area contributed by atoms with Gasteiger partial charge in [0.15, 0.2) is 0 Å². The van der Waals surface area contributed by atoms with Crippen molar-refractivity contribution in [1.82, 2.24) is 31.2 Å². The van der Waals surface area contributed by atoms with Crippen molar-refractivity contribution < 1.29 is 23.5 Å². The van der Waals surface area contributed by atoms with Gasteiger partial charge < -0.3 is 30.7 Å². The van der Waals surface area contributed by atoms with Gasteiger partial charge in [-0.3, -0.25) is 9.59 Å². The van der Waals surface area contributed by atoms with Gasteiger partial charge in [0.05, 0.1) is 41.2 Å². The lowest BCUT2D eigenvalue weighted by Crippen LogP contribution is -2.35. The molecule has 0 aliphatic carbocycles. The maximum atomic E-state index is 15.5. The van der Waals surface area contributed by atoms with Crippen LogP contribution in [0, 0.1) is 5.82 Å².